The Bertz CT molecular complexity index is 1240. The van der Waals surface area contributed by atoms with Crippen LogP contribution in [-0.2, 0) is 37.7 Å². The van der Waals surface area contributed by atoms with Gasteiger partial charge in [0.2, 0.25) is 5.91 Å². The Morgan fingerprint density at radius 3 is 2.55 bits per heavy atom. The zero-order valence-electron chi connectivity index (χ0n) is 21.6. The molecule has 2 aliphatic rings. The average Bonchev–Trinajstić information content (AvgIpc) is 3.19. The number of hydrogen-bond acceptors (Lipinski definition) is 17. The second kappa shape index (κ2) is 13.3. The van der Waals surface area contributed by atoms with Crippen molar-refractivity contribution >= 4 is 25.5 Å². The van der Waals surface area contributed by atoms with Gasteiger partial charge in [-0.05, 0) is 6.07 Å². The number of carboxylic acid groups (broad SMARTS) is 1. The summed E-state index contributed by atoms with van der Waals surface area (Å²) < 4.78 is 32.8. The molecule has 0 spiro atoms. The third-order valence-electron chi connectivity index (χ3n) is 6.32. The number of nitrogens with zero attached hydrogens (tertiary/aromatic N) is 2. The fraction of sp³-hybridized carbons (Fsp3) is 0.700. The standard InChI is InChI=1S/C20H31N4O17P/c1-7(26)22-12-8(27)4-20(18(32)33,39-16(12)13(29)9(28)5-25)40-41-42(35,36)37-6-10-14(30)15(31)17(38-10)24-3-2-11(21)23-19(24)34/h2-3,8-10,12-17,25,27-31H,4-6H2,1H3,(H,22,26)(H,32,33)(H,35,36)(H2,21,23,34)/t8-,9-,10+,12-,13-,14+,15+,16?,17+,20-/m1/s1. The van der Waals surface area contributed by atoms with E-state index in [1.165, 1.54) is 6.07 Å². The number of phosphoric acid groups is 1. The number of amides is 1. The van der Waals surface area contributed by atoms with E-state index in [0.29, 0.717) is 0 Å². The van der Waals surface area contributed by atoms with Gasteiger partial charge in [-0.15, -0.1) is 4.67 Å². The van der Waals surface area contributed by atoms with Gasteiger partial charge in [-0.3, -0.25) is 13.9 Å². The van der Waals surface area contributed by atoms with E-state index in [2.05, 4.69) is 24.4 Å². The molecule has 22 heteroatoms. The second-order valence-electron chi connectivity index (χ2n) is 9.39. The van der Waals surface area contributed by atoms with Gasteiger partial charge < -0.3 is 61.2 Å². The first-order valence-corrected chi connectivity index (χ1v) is 13.6. The highest BCUT2D eigenvalue weighted by Crippen LogP contribution is 2.47. The van der Waals surface area contributed by atoms with Crippen molar-refractivity contribution in [2.24, 2.45) is 0 Å². The molecule has 2 fully saturated rings. The lowest BCUT2D eigenvalue weighted by molar-refractivity contribution is -0.408. The van der Waals surface area contributed by atoms with Gasteiger partial charge >= 0.3 is 25.3 Å². The van der Waals surface area contributed by atoms with Gasteiger partial charge in [0.05, 0.1) is 25.4 Å². The molecule has 0 aromatic carbocycles. The number of nitrogens with two attached hydrogens (primary N) is 1. The number of ether oxygens (including phenoxy) is 2. The molecule has 2 saturated heterocycles. The molecule has 0 radical (unpaired) electrons. The summed E-state index contributed by atoms with van der Waals surface area (Å²) in [5.74, 6) is -6.08. The lowest BCUT2D eigenvalue weighted by atomic mass is 9.88. The minimum absolute atomic E-state index is 0.132. The molecule has 2 unspecified atom stereocenters. The predicted molar refractivity (Wildman–Crippen MR) is 129 cm³/mol. The molecule has 1 aromatic rings. The number of phosphoric ester groups is 1. The molecule has 0 saturated carbocycles. The number of carbonyl (C=O) groups excluding carboxylic acids is 1. The maximum absolute atomic E-state index is 12.5. The second-order valence-corrected chi connectivity index (χ2v) is 10.7. The van der Waals surface area contributed by atoms with E-state index in [4.69, 9.17) is 20.3 Å². The highest BCUT2D eigenvalue weighted by Gasteiger charge is 2.57. The number of aliphatic hydroxyl groups is 6. The van der Waals surface area contributed by atoms with Crippen LogP contribution >= 0.6 is 7.82 Å². The van der Waals surface area contributed by atoms with Crippen molar-refractivity contribution < 1.29 is 78.4 Å². The van der Waals surface area contributed by atoms with Crippen molar-refractivity contribution in [3.05, 3.63) is 22.7 Å². The SMILES string of the molecule is CC(=O)N[C@H]1C([C@H](O)[C@H](O)CO)O[C@](OOP(=O)(O)OC[C@@H]2O[C@H](n3ccc(N)nc3=O)[C@@H](O)[C@H]2O)(C(=O)O)C[C@H]1O. The van der Waals surface area contributed by atoms with Crippen molar-refractivity contribution in [2.45, 2.75) is 74.1 Å². The first-order chi connectivity index (χ1) is 19.5. The van der Waals surface area contributed by atoms with Crippen LogP contribution in [0.1, 0.15) is 19.6 Å². The topological polar surface area (TPSA) is 332 Å². The van der Waals surface area contributed by atoms with Gasteiger partial charge in [-0.25, -0.2) is 14.2 Å². The number of rotatable bonds is 12. The maximum Gasteiger partial charge on any atom is 0.499 e. The molecular weight excluding hydrogens is 599 g/mol. The fourth-order valence-corrected chi connectivity index (χ4v) is 4.82. The Labute approximate surface area is 235 Å². The molecule has 3 heterocycles. The molecule has 42 heavy (non-hydrogen) atoms. The summed E-state index contributed by atoms with van der Waals surface area (Å²) in [7, 11) is -5.41. The highest BCUT2D eigenvalue weighted by atomic mass is 31.2. The van der Waals surface area contributed by atoms with Gasteiger partial charge in [0.15, 0.2) is 6.23 Å². The lowest BCUT2D eigenvalue weighted by Crippen LogP contribution is -2.67. The van der Waals surface area contributed by atoms with Gasteiger partial charge in [0, 0.05) is 19.5 Å². The van der Waals surface area contributed by atoms with Crippen LogP contribution in [-0.4, -0.2) is 130 Å². The third-order valence-corrected chi connectivity index (χ3v) is 7.06. The number of aromatic nitrogens is 2. The van der Waals surface area contributed by atoms with Crippen LogP contribution in [0, 0.1) is 0 Å². The summed E-state index contributed by atoms with van der Waals surface area (Å²) in [6.07, 6.45) is -14.4. The molecule has 11 atom stereocenters. The number of carboxylic acids is 1. The molecule has 21 nitrogen and oxygen atoms in total. The first kappa shape index (κ1) is 33.9. The minimum Gasteiger partial charge on any atom is -0.477 e. The number of aliphatic carboxylic acids is 1. The van der Waals surface area contributed by atoms with Gasteiger partial charge in [0.1, 0.15) is 42.4 Å². The number of aliphatic hydroxyl groups excluding tert-OH is 6. The van der Waals surface area contributed by atoms with Crippen molar-refractivity contribution in [1.29, 1.82) is 0 Å². The van der Waals surface area contributed by atoms with E-state index in [1.54, 1.807) is 0 Å². The van der Waals surface area contributed by atoms with Gasteiger partial charge in [-0.2, -0.15) is 9.87 Å². The Balaban J connectivity index is 1.71. The van der Waals surface area contributed by atoms with Crippen LogP contribution in [0.2, 0.25) is 0 Å². The summed E-state index contributed by atoms with van der Waals surface area (Å²) in [6.45, 7) is -1.01. The van der Waals surface area contributed by atoms with Crippen molar-refractivity contribution in [2.75, 3.05) is 18.9 Å². The van der Waals surface area contributed by atoms with Crippen molar-refractivity contribution in [3.63, 3.8) is 0 Å². The first-order valence-electron chi connectivity index (χ1n) is 12.1. The van der Waals surface area contributed by atoms with Crippen LogP contribution in [0.5, 0.6) is 0 Å². The molecule has 1 amide bonds. The van der Waals surface area contributed by atoms with E-state index in [1.807, 2.05) is 0 Å². The molecule has 3 rings (SSSR count). The summed E-state index contributed by atoms with van der Waals surface area (Å²) in [4.78, 5) is 53.8. The molecular formula is C20H31N4O17P. The Hall–Kier alpha value is -2.63. The van der Waals surface area contributed by atoms with E-state index in [9.17, 15) is 54.5 Å². The fourth-order valence-electron chi connectivity index (χ4n) is 4.22. The lowest BCUT2D eigenvalue weighted by Gasteiger charge is -2.45. The van der Waals surface area contributed by atoms with E-state index in [-0.39, 0.29) is 5.82 Å². The summed E-state index contributed by atoms with van der Waals surface area (Å²) >= 11 is 0. The smallest absolute Gasteiger partial charge is 0.477 e. The van der Waals surface area contributed by atoms with Crippen LogP contribution in [0.4, 0.5) is 5.82 Å². The van der Waals surface area contributed by atoms with Crippen LogP contribution in [0.3, 0.4) is 0 Å². The Morgan fingerprint density at radius 1 is 1.31 bits per heavy atom. The van der Waals surface area contributed by atoms with Gasteiger partial charge in [-0.1, -0.05) is 0 Å². The van der Waals surface area contributed by atoms with Gasteiger partial charge in [0.25, 0.3) is 0 Å². The molecule has 11 N–H and O–H groups in total. The number of nitrogens with one attached hydrogen (secondary N) is 1. The highest BCUT2D eigenvalue weighted by molar-refractivity contribution is 7.47. The molecule has 1 aromatic heterocycles. The predicted octanol–water partition coefficient (Wildman–Crippen LogP) is -5.34. The normalized spacial score (nSPS) is 34.3. The summed E-state index contributed by atoms with van der Waals surface area (Å²) in [6, 6.07) is -0.341. The maximum atomic E-state index is 12.5. The quantitative estimate of drug-likeness (QED) is 0.0585. The Kier molecular flexibility index (Phi) is 10.8. The zero-order chi connectivity index (χ0) is 31.6. The summed E-state index contributed by atoms with van der Waals surface area (Å²) in [5.41, 5.74) is 4.46. The van der Waals surface area contributed by atoms with E-state index < -0.39 is 106 Å². The molecule has 0 bridgehead atoms. The molecule has 0 aliphatic carbocycles. The number of nitrogen functional groups attached to an aromatic ring is 1. The zero-order valence-corrected chi connectivity index (χ0v) is 22.5. The molecule has 238 valence electrons. The number of hydrogen-bond donors (Lipinski definition) is 10. The van der Waals surface area contributed by atoms with Crippen LogP contribution in [0.25, 0.3) is 0 Å². The summed E-state index contributed by atoms with van der Waals surface area (Å²) in [5, 5.41) is 72.4. The van der Waals surface area contributed by atoms with Crippen molar-refractivity contribution in [3.8, 4) is 0 Å². The average molecular weight is 630 g/mol. The number of anilines is 1. The monoisotopic (exact) mass is 630 g/mol. The largest absolute Gasteiger partial charge is 0.499 e. The third kappa shape index (κ3) is 7.47. The van der Waals surface area contributed by atoms with E-state index in [0.717, 1.165) is 17.7 Å². The van der Waals surface area contributed by atoms with Crippen LogP contribution < -0.4 is 16.7 Å². The van der Waals surface area contributed by atoms with E-state index >= 15 is 0 Å². The number of carbonyl (C=O) groups is 2. The van der Waals surface area contributed by atoms with Crippen molar-refractivity contribution in [1.82, 2.24) is 14.9 Å². The molecule has 2 aliphatic heterocycles. The van der Waals surface area contributed by atoms with Crippen LogP contribution in [0.15, 0.2) is 17.1 Å². The Morgan fingerprint density at radius 2 is 1.98 bits per heavy atom. The minimum atomic E-state index is -5.41.